The second-order valence-corrected chi connectivity index (χ2v) is 17.8. The maximum atomic E-state index is 13.7. The second-order valence-electron chi connectivity index (χ2n) is 17.8. The quantitative estimate of drug-likeness (QED) is 0.326. The van der Waals surface area contributed by atoms with Gasteiger partial charge < -0.3 is 19.6 Å². The Bertz CT molecular complexity index is 2340. The molecule has 62 heavy (non-hydrogen) atoms. The van der Waals surface area contributed by atoms with Crippen molar-refractivity contribution in [2.24, 2.45) is 5.41 Å². The van der Waals surface area contributed by atoms with E-state index < -0.39 is 41.4 Å². The van der Waals surface area contributed by atoms with Gasteiger partial charge in [0.2, 0.25) is 11.8 Å². The number of carbonyl (C=O) groups excluding carboxylic acids is 5. The molecular weight excluding hydrogens is 802 g/mol. The van der Waals surface area contributed by atoms with E-state index in [4.69, 9.17) is 0 Å². The molecule has 1 N–H and O–H groups in total. The summed E-state index contributed by atoms with van der Waals surface area (Å²) in [6.07, 6.45) is 0.122. The first-order valence-corrected chi connectivity index (χ1v) is 21.6. The Balaban J connectivity index is 0.738. The number of rotatable bonds is 6. The zero-order valence-corrected chi connectivity index (χ0v) is 34.6. The fourth-order valence-corrected chi connectivity index (χ4v) is 10.7. The number of piperazine rings is 1. The van der Waals surface area contributed by atoms with E-state index in [0.29, 0.717) is 36.9 Å². The molecule has 0 radical (unpaired) electrons. The Morgan fingerprint density at radius 2 is 1.42 bits per heavy atom. The molecule has 0 saturated carbocycles. The van der Waals surface area contributed by atoms with Gasteiger partial charge in [0.15, 0.2) is 0 Å². The zero-order chi connectivity index (χ0) is 43.5. The standard InChI is InChI=1S/C46H49F3N8O5/c1-29-26-45(28-56(29)35-7-4-31(27-50)38(25-35)46(47,48)49)14-18-53(19-15-45)32-5-2-30(3-6-32)42(60)55-22-20-54(21-23-55)33-12-16-52(17-13-33)34-8-9-36-37(24-34)44(62)57(43(36)61)39-10-11-40(58)51-41(39)59/h2-9,24-25,29,33,39H,10-23,26,28H2,1H3,(H,51,58,59). The van der Waals surface area contributed by atoms with E-state index in [1.54, 1.807) is 24.3 Å². The molecule has 3 aromatic carbocycles. The van der Waals surface area contributed by atoms with E-state index in [-0.39, 0.29) is 46.9 Å². The molecule has 6 aliphatic heterocycles. The number of carbonyl (C=O) groups is 5. The number of halogens is 3. The number of hydrogen-bond donors (Lipinski definition) is 1. The number of imide groups is 2. The molecule has 6 heterocycles. The Morgan fingerprint density at radius 1 is 0.774 bits per heavy atom. The van der Waals surface area contributed by atoms with Crippen LogP contribution < -0.4 is 20.0 Å². The van der Waals surface area contributed by atoms with E-state index in [9.17, 15) is 42.4 Å². The summed E-state index contributed by atoms with van der Waals surface area (Å²) in [4.78, 5) is 76.2. The van der Waals surface area contributed by atoms with Crippen LogP contribution in [-0.4, -0.2) is 121 Å². The van der Waals surface area contributed by atoms with Crippen molar-refractivity contribution in [3.63, 3.8) is 0 Å². The van der Waals surface area contributed by atoms with Crippen LogP contribution in [-0.2, 0) is 15.8 Å². The highest BCUT2D eigenvalue weighted by Crippen LogP contribution is 2.46. The predicted octanol–water partition coefficient (Wildman–Crippen LogP) is 5.29. The molecule has 0 aromatic heterocycles. The summed E-state index contributed by atoms with van der Waals surface area (Å²) >= 11 is 0. The van der Waals surface area contributed by atoms with Gasteiger partial charge in [-0.15, -0.1) is 0 Å². The van der Waals surface area contributed by atoms with Crippen molar-refractivity contribution in [1.82, 2.24) is 20.0 Å². The van der Waals surface area contributed by atoms with Crippen LogP contribution in [0.1, 0.15) is 94.1 Å². The molecule has 5 amide bonds. The number of nitriles is 1. The van der Waals surface area contributed by atoms with Gasteiger partial charge in [-0.05, 0) is 112 Å². The van der Waals surface area contributed by atoms with Crippen molar-refractivity contribution in [2.75, 3.05) is 73.6 Å². The van der Waals surface area contributed by atoms with E-state index in [2.05, 4.69) is 31.8 Å². The molecule has 13 nitrogen and oxygen atoms in total. The number of amides is 5. The van der Waals surface area contributed by atoms with Gasteiger partial charge >= 0.3 is 6.18 Å². The lowest BCUT2D eigenvalue weighted by atomic mass is 9.76. The van der Waals surface area contributed by atoms with Crippen molar-refractivity contribution in [2.45, 2.75) is 76.2 Å². The van der Waals surface area contributed by atoms with Crippen molar-refractivity contribution in [3.05, 3.63) is 88.5 Å². The number of anilines is 3. The number of nitrogens with one attached hydrogen (secondary N) is 1. The smallest absolute Gasteiger partial charge is 0.371 e. The molecular formula is C46H49F3N8O5. The molecule has 6 aliphatic rings. The van der Waals surface area contributed by atoms with Gasteiger partial charge in [0.25, 0.3) is 17.7 Å². The number of benzene rings is 3. The van der Waals surface area contributed by atoms with Gasteiger partial charge in [0, 0.05) is 100 Å². The van der Waals surface area contributed by atoms with E-state index >= 15 is 0 Å². The fraction of sp³-hybridized carbons (Fsp3) is 0.478. The third-order valence-corrected chi connectivity index (χ3v) is 14.2. The number of piperidine rings is 3. The molecule has 2 atom stereocenters. The first-order valence-electron chi connectivity index (χ1n) is 21.6. The monoisotopic (exact) mass is 850 g/mol. The third-order valence-electron chi connectivity index (χ3n) is 14.2. The van der Waals surface area contributed by atoms with E-state index in [1.165, 1.54) is 6.07 Å². The molecule has 5 saturated heterocycles. The highest BCUT2D eigenvalue weighted by molar-refractivity contribution is 6.23. The molecule has 3 aromatic rings. The Kier molecular flexibility index (Phi) is 10.7. The minimum atomic E-state index is -4.60. The maximum absolute atomic E-state index is 13.7. The second kappa shape index (κ2) is 16.1. The number of hydrogen-bond acceptors (Lipinski definition) is 10. The number of nitrogens with zero attached hydrogens (tertiary/aromatic N) is 7. The third kappa shape index (κ3) is 7.65. The molecule has 0 bridgehead atoms. The van der Waals surface area contributed by atoms with Crippen molar-refractivity contribution < 1.29 is 37.1 Å². The first kappa shape index (κ1) is 41.4. The maximum Gasteiger partial charge on any atom is 0.417 e. The van der Waals surface area contributed by atoms with Crippen LogP contribution in [0.5, 0.6) is 0 Å². The molecule has 324 valence electrons. The van der Waals surface area contributed by atoms with Gasteiger partial charge in [-0.1, -0.05) is 0 Å². The molecule has 5 fully saturated rings. The number of fused-ring (bicyclic) bond motifs is 1. The number of alkyl halides is 3. The summed E-state index contributed by atoms with van der Waals surface area (Å²) in [6, 6.07) is 18.2. The van der Waals surface area contributed by atoms with Crippen LogP contribution in [0.15, 0.2) is 60.7 Å². The Labute approximate surface area is 358 Å². The summed E-state index contributed by atoms with van der Waals surface area (Å²) in [5.74, 6) is -2.04. The summed E-state index contributed by atoms with van der Waals surface area (Å²) in [5.41, 5.74) is 2.34. The zero-order valence-electron chi connectivity index (χ0n) is 34.6. The summed E-state index contributed by atoms with van der Waals surface area (Å²) in [5, 5.41) is 11.5. The van der Waals surface area contributed by atoms with Gasteiger partial charge in [-0.2, -0.15) is 18.4 Å². The van der Waals surface area contributed by atoms with Crippen LogP contribution in [0, 0.1) is 16.7 Å². The molecule has 2 unspecified atom stereocenters. The average molecular weight is 851 g/mol. The largest absolute Gasteiger partial charge is 0.417 e. The van der Waals surface area contributed by atoms with Gasteiger partial charge in [0.05, 0.1) is 28.3 Å². The minimum Gasteiger partial charge on any atom is -0.371 e. The highest BCUT2D eigenvalue weighted by Gasteiger charge is 2.46. The lowest BCUT2D eigenvalue weighted by molar-refractivity contribution is -0.138. The fourth-order valence-electron chi connectivity index (χ4n) is 10.7. The topological polar surface area (TPSA) is 141 Å². The van der Waals surface area contributed by atoms with Crippen LogP contribution in [0.3, 0.4) is 0 Å². The Hall–Kier alpha value is -5.95. The SMILES string of the molecule is CC1CC2(CCN(c3ccc(C(=O)N4CCN(C5CCN(c6ccc7c(c6)C(=O)N(C6CCC(=O)NC6=O)C7=O)CC5)CC4)cc3)CC2)CN1c1ccc(C#N)c(C(F)(F)F)c1. The Morgan fingerprint density at radius 3 is 2.08 bits per heavy atom. The van der Waals surface area contributed by atoms with Crippen LogP contribution >= 0.6 is 0 Å². The van der Waals surface area contributed by atoms with Crippen molar-refractivity contribution in [3.8, 4) is 6.07 Å². The molecule has 1 spiro atoms. The van der Waals surface area contributed by atoms with Crippen LogP contribution in [0.2, 0.25) is 0 Å². The van der Waals surface area contributed by atoms with E-state index in [0.717, 1.165) is 93.7 Å². The average Bonchev–Trinajstić information content (AvgIpc) is 3.73. The highest BCUT2D eigenvalue weighted by atomic mass is 19.4. The summed E-state index contributed by atoms with van der Waals surface area (Å²) in [7, 11) is 0. The van der Waals surface area contributed by atoms with Crippen molar-refractivity contribution in [1.29, 1.82) is 5.26 Å². The van der Waals surface area contributed by atoms with Gasteiger partial charge in [0.1, 0.15) is 6.04 Å². The molecule has 0 aliphatic carbocycles. The van der Waals surface area contributed by atoms with E-state index in [1.807, 2.05) is 35.2 Å². The molecule has 9 rings (SSSR count). The van der Waals surface area contributed by atoms with Crippen molar-refractivity contribution >= 4 is 46.6 Å². The first-order chi connectivity index (χ1) is 29.7. The molecule has 16 heteroatoms. The minimum absolute atomic E-state index is 0.00509. The summed E-state index contributed by atoms with van der Waals surface area (Å²) in [6.45, 7) is 8.73. The van der Waals surface area contributed by atoms with Gasteiger partial charge in [-0.3, -0.25) is 39.1 Å². The van der Waals surface area contributed by atoms with Crippen LogP contribution in [0.25, 0.3) is 0 Å². The lowest BCUT2D eigenvalue weighted by Crippen LogP contribution is -2.54. The van der Waals surface area contributed by atoms with Crippen LogP contribution in [0.4, 0.5) is 30.2 Å². The lowest BCUT2D eigenvalue weighted by Gasteiger charge is -2.43. The summed E-state index contributed by atoms with van der Waals surface area (Å²) < 4.78 is 41.1. The van der Waals surface area contributed by atoms with Gasteiger partial charge in [-0.25, -0.2) is 0 Å². The normalized spacial score (nSPS) is 23.6. The predicted molar refractivity (Wildman–Crippen MR) is 224 cm³/mol.